The Bertz CT molecular complexity index is 3810. The number of fused-ring (bicyclic) bond motifs is 12. The van der Waals surface area contributed by atoms with Crippen LogP contribution in [-0.2, 0) is 12.8 Å². The lowest BCUT2D eigenvalue weighted by Crippen LogP contribution is -2.08. The van der Waals surface area contributed by atoms with E-state index < -0.39 is 0 Å². The molecule has 0 N–H and O–H groups in total. The minimum absolute atomic E-state index is 0.0871. The van der Waals surface area contributed by atoms with Gasteiger partial charge in [0.25, 0.3) is 17.3 Å². The van der Waals surface area contributed by atoms with Crippen molar-refractivity contribution in [2.24, 2.45) is 0 Å². The minimum atomic E-state index is -0.153. The molecule has 0 unspecified atom stereocenters. The topological polar surface area (TPSA) is 219 Å². The molecule has 66 heavy (non-hydrogen) atoms. The number of ketones is 3. The van der Waals surface area contributed by atoms with E-state index in [0.717, 1.165) is 27.8 Å². The molecule has 3 aliphatic rings. The normalized spacial score (nSPS) is 12.5. The highest BCUT2D eigenvalue weighted by Gasteiger charge is 2.33. The molecule has 0 fully saturated rings. The summed E-state index contributed by atoms with van der Waals surface area (Å²) in [6, 6.07) is 42.0. The SMILES string of the molecule is O=C1c2ccccc2-c2nc3nnc(Cc4ccccc4)n3nc21.O=C1c2ccccc2-c2nc3nnc(Cl)n3nc21.O=C1c2ccccc2-c2nn3c(Cc4ccccc4)nnc3nc21. The van der Waals surface area contributed by atoms with Crippen molar-refractivity contribution in [3.8, 4) is 33.8 Å². The number of hydrogen-bond donors (Lipinski definition) is 0. The predicted molar refractivity (Wildman–Crippen MR) is 236 cm³/mol. The van der Waals surface area contributed by atoms with Crippen molar-refractivity contribution in [1.82, 2.24) is 74.4 Å². The van der Waals surface area contributed by atoms with Gasteiger partial charge in [0, 0.05) is 46.2 Å². The molecule has 314 valence electrons. The van der Waals surface area contributed by atoms with Crippen molar-refractivity contribution >= 4 is 46.3 Å². The van der Waals surface area contributed by atoms with E-state index in [1.165, 1.54) is 4.52 Å². The zero-order valence-corrected chi connectivity index (χ0v) is 34.7. The van der Waals surface area contributed by atoms with Crippen LogP contribution < -0.4 is 0 Å². The fourth-order valence-corrected chi connectivity index (χ4v) is 8.25. The maximum Gasteiger partial charge on any atom is 0.273 e. The van der Waals surface area contributed by atoms with Crippen molar-refractivity contribution in [3.05, 3.63) is 195 Å². The molecule has 18 nitrogen and oxygen atoms in total. The second-order valence-corrected chi connectivity index (χ2v) is 15.6. The molecule has 0 radical (unpaired) electrons. The van der Waals surface area contributed by atoms with Crippen LogP contribution in [0.4, 0.5) is 0 Å². The van der Waals surface area contributed by atoms with Crippen LogP contribution in [0.3, 0.4) is 0 Å². The molecule has 3 aliphatic carbocycles. The fraction of sp³-hybridized carbons (Fsp3) is 0.0426. The largest absolute Gasteiger partial charge is 0.287 e. The summed E-state index contributed by atoms with van der Waals surface area (Å²) < 4.78 is 4.45. The number of aromatic nitrogens is 15. The molecule has 6 heterocycles. The first kappa shape index (κ1) is 38.5. The summed E-state index contributed by atoms with van der Waals surface area (Å²) in [6.45, 7) is 0. The Morgan fingerprint density at radius 1 is 0.348 bits per heavy atom. The molecule has 0 saturated carbocycles. The van der Waals surface area contributed by atoms with Crippen LogP contribution in [0, 0.1) is 0 Å². The molecule has 0 amide bonds. The lowest BCUT2D eigenvalue weighted by atomic mass is 10.1. The Morgan fingerprint density at radius 2 is 0.697 bits per heavy atom. The van der Waals surface area contributed by atoms with Crippen LogP contribution in [0.15, 0.2) is 133 Å². The van der Waals surface area contributed by atoms with Gasteiger partial charge < -0.3 is 0 Å². The lowest BCUT2D eigenvalue weighted by Gasteiger charge is -2.02. The average Bonchev–Trinajstić information content (AvgIpc) is 4.21. The van der Waals surface area contributed by atoms with Gasteiger partial charge in [-0.3, -0.25) is 14.4 Å². The highest BCUT2D eigenvalue weighted by Crippen LogP contribution is 2.36. The second-order valence-electron chi connectivity index (χ2n) is 15.2. The van der Waals surface area contributed by atoms with E-state index in [1.54, 1.807) is 27.2 Å². The van der Waals surface area contributed by atoms with E-state index >= 15 is 0 Å². The van der Waals surface area contributed by atoms with Gasteiger partial charge in [-0.25, -0.2) is 15.0 Å². The minimum Gasteiger partial charge on any atom is -0.287 e. The number of nitrogens with zero attached hydrogens (tertiary/aromatic N) is 15. The van der Waals surface area contributed by atoms with Gasteiger partial charge in [0.1, 0.15) is 22.8 Å². The summed E-state index contributed by atoms with van der Waals surface area (Å²) in [5, 5.41) is 37.4. The summed E-state index contributed by atoms with van der Waals surface area (Å²) in [7, 11) is 0. The number of rotatable bonds is 4. The third-order valence-corrected chi connectivity index (χ3v) is 11.4. The number of carbonyl (C=O) groups excluding carboxylic acids is 3. The van der Waals surface area contributed by atoms with Gasteiger partial charge in [0.15, 0.2) is 23.0 Å². The van der Waals surface area contributed by atoms with E-state index in [4.69, 9.17) is 11.6 Å². The molecule has 0 spiro atoms. The predicted octanol–water partition coefficient (Wildman–Crippen LogP) is 6.03. The Balaban J connectivity index is 0.000000105. The molecule has 19 heteroatoms. The zero-order chi connectivity index (χ0) is 44.5. The Labute approximate surface area is 375 Å². The first-order chi connectivity index (χ1) is 32.4. The molecular formula is C47H26ClN15O3. The molecule has 14 rings (SSSR count). The van der Waals surface area contributed by atoms with Crippen molar-refractivity contribution in [1.29, 1.82) is 0 Å². The van der Waals surface area contributed by atoms with Gasteiger partial charge in [-0.15, -0.1) is 30.6 Å². The third-order valence-electron chi connectivity index (χ3n) is 11.2. The first-order valence-corrected chi connectivity index (χ1v) is 20.8. The van der Waals surface area contributed by atoms with Gasteiger partial charge in [0.05, 0.1) is 0 Å². The zero-order valence-electron chi connectivity index (χ0n) is 33.9. The lowest BCUT2D eigenvalue weighted by molar-refractivity contribution is 0.103. The third kappa shape index (κ3) is 6.30. The van der Waals surface area contributed by atoms with Crippen LogP contribution in [0.1, 0.15) is 70.9 Å². The van der Waals surface area contributed by atoms with E-state index in [9.17, 15) is 14.4 Å². The monoisotopic (exact) mass is 883 g/mol. The summed E-state index contributed by atoms with van der Waals surface area (Å²) in [5.41, 5.74) is 9.19. The van der Waals surface area contributed by atoms with Gasteiger partial charge in [-0.1, -0.05) is 133 Å². The van der Waals surface area contributed by atoms with Crippen LogP contribution in [0.2, 0.25) is 5.28 Å². The van der Waals surface area contributed by atoms with Crippen LogP contribution in [0.25, 0.3) is 51.1 Å². The van der Waals surface area contributed by atoms with Crippen molar-refractivity contribution in [3.63, 3.8) is 0 Å². The number of carbonyl (C=O) groups is 3. The quantitative estimate of drug-likeness (QED) is 0.197. The van der Waals surface area contributed by atoms with Crippen LogP contribution >= 0.6 is 11.6 Å². The first-order valence-electron chi connectivity index (χ1n) is 20.4. The molecule has 0 saturated heterocycles. The van der Waals surface area contributed by atoms with Gasteiger partial charge in [0.2, 0.25) is 22.6 Å². The summed E-state index contributed by atoms with van der Waals surface area (Å²) in [5.74, 6) is 2.03. The maximum absolute atomic E-state index is 12.6. The van der Waals surface area contributed by atoms with Gasteiger partial charge >= 0.3 is 0 Å². The van der Waals surface area contributed by atoms with Crippen molar-refractivity contribution in [2.75, 3.05) is 0 Å². The van der Waals surface area contributed by atoms with Crippen LogP contribution in [-0.4, -0.2) is 91.7 Å². The molecule has 0 aliphatic heterocycles. The number of halogens is 1. The molecule has 0 atom stereocenters. The Hall–Kier alpha value is -9.16. The van der Waals surface area contributed by atoms with Crippen molar-refractivity contribution in [2.45, 2.75) is 12.8 Å². The highest BCUT2D eigenvalue weighted by atomic mass is 35.5. The Morgan fingerprint density at radius 3 is 1.18 bits per heavy atom. The van der Waals surface area contributed by atoms with Crippen LogP contribution in [0.5, 0.6) is 0 Å². The number of benzene rings is 5. The molecule has 6 aromatic heterocycles. The Kier molecular flexibility index (Phi) is 8.91. The molecule has 0 bridgehead atoms. The van der Waals surface area contributed by atoms with Gasteiger partial charge in [-0.2, -0.15) is 28.8 Å². The van der Waals surface area contributed by atoms with E-state index in [-0.39, 0.29) is 34.1 Å². The number of hydrogen-bond acceptors (Lipinski definition) is 15. The standard InChI is InChI=1S/2C18H11N5O.C11H4ClN5O/c24-17-13-9-5-4-8-12(13)15-16(17)19-18-21-20-14(23(18)22-15)10-11-6-2-1-3-7-11;24-17-13-9-5-4-8-12(13)15-16(17)22-23-14(20-21-18(23)19-15)10-11-6-2-1-3-7-11;12-10-14-15-11-13-7-5-3-1-2-4-6(5)9(18)8(7)16-17(10)11/h2*1-9H,10H2;1-4H. The van der Waals surface area contributed by atoms with Gasteiger partial charge in [-0.05, 0) is 22.7 Å². The summed E-state index contributed by atoms with van der Waals surface area (Å²) in [6.07, 6.45) is 1.18. The molecule has 5 aromatic carbocycles. The molecular weight excluding hydrogens is 858 g/mol. The highest BCUT2D eigenvalue weighted by molar-refractivity contribution is 6.28. The van der Waals surface area contributed by atoms with Crippen molar-refractivity contribution < 1.29 is 14.4 Å². The second kappa shape index (κ2) is 15.3. The maximum atomic E-state index is 12.6. The van der Waals surface area contributed by atoms with E-state index in [0.29, 0.717) is 81.2 Å². The van der Waals surface area contributed by atoms with E-state index in [2.05, 4.69) is 60.8 Å². The molecule has 11 aromatic rings. The average molecular weight is 884 g/mol. The smallest absolute Gasteiger partial charge is 0.273 e. The summed E-state index contributed by atoms with van der Waals surface area (Å²) >= 11 is 5.81. The summed E-state index contributed by atoms with van der Waals surface area (Å²) in [4.78, 5) is 50.4. The fourth-order valence-electron chi connectivity index (χ4n) is 8.10. The van der Waals surface area contributed by atoms with E-state index in [1.807, 2.05) is 115 Å².